The molecule has 1 aromatic heterocycles. The predicted octanol–water partition coefficient (Wildman–Crippen LogP) is 5.62. The lowest BCUT2D eigenvalue weighted by Gasteiger charge is -2.35. The first kappa shape index (κ1) is 43.0. The number of alkyl halides is 6. The molecule has 52 heavy (non-hydrogen) atoms. The normalized spacial score (nSPS) is 17.3. The first-order valence-electron chi connectivity index (χ1n) is 15.7. The lowest BCUT2D eigenvalue weighted by atomic mass is 9.73. The first-order chi connectivity index (χ1) is 24.1. The maximum Gasteiger partial charge on any atom is 0.490 e. The maximum absolute atomic E-state index is 13.8. The van der Waals surface area contributed by atoms with E-state index >= 15 is 0 Å². The summed E-state index contributed by atoms with van der Waals surface area (Å²) in [5.74, 6) is -4.44. The molecule has 0 radical (unpaired) electrons. The van der Waals surface area contributed by atoms with Gasteiger partial charge in [-0.25, -0.2) is 14.6 Å². The highest BCUT2D eigenvalue weighted by atomic mass is 19.4. The van der Waals surface area contributed by atoms with Gasteiger partial charge in [-0.15, -0.1) is 0 Å². The monoisotopic (exact) mass is 743 g/mol. The van der Waals surface area contributed by atoms with Gasteiger partial charge in [0.1, 0.15) is 17.6 Å². The number of amides is 1. The first-order valence-corrected chi connectivity index (χ1v) is 15.7. The van der Waals surface area contributed by atoms with Gasteiger partial charge in [0.2, 0.25) is 5.91 Å². The van der Waals surface area contributed by atoms with Gasteiger partial charge in [0.15, 0.2) is 0 Å². The average Bonchev–Trinajstić information content (AvgIpc) is 3.45. The summed E-state index contributed by atoms with van der Waals surface area (Å²) < 4.78 is 71.7. The molecule has 0 spiro atoms. The zero-order valence-electron chi connectivity index (χ0n) is 28.5. The number of carbonyl (C=O) groups is 3. The predicted molar refractivity (Wildman–Crippen MR) is 173 cm³/mol. The fraction of sp³-hybridized carbons (Fsp3) is 0.441. The number of aryl methyl sites for hydroxylation is 1. The van der Waals surface area contributed by atoms with Crippen molar-refractivity contribution in [1.29, 1.82) is 5.26 Å². The number of aliphatic carboxylic acids is 2. The van der Waals surface area contributed by atoms with E-state index < -0.39 is 35.2 Å². The van der Waals surface area contributed by atoms with Gasteiger partial charge in [-0.2, -0.15) is 31.6 Å². The number of likely N-dealkylation sites (tertiary alicyclic amines) is 1. The van der Waals surface area contributed by atoms with Crippen molar-refractivity contribution in [1.82, 2.24) is 14.5 Å². The molecule has 1 fully saturated rings. The highest BCUT2D eigenvalue weighted by molar-refractivity contribution is 5.88. The number of carboxylic acids is 2. The summed E-state index contributed by atoms with van der Waals surface area (Å²) >= 11 is 0. The third kappa shape index (κ3) is 10.9. The minimum absolute atomic E-state index is 0.0644. The highest BCUT2D eigenvalue weighted by Crippen LogP contribution is 2.40. The van der Waals surface area contributed by atoms with Crippen molar-refractivity contribution in [2.45, 2.75) is 69.3 Å². The number of nitrogens with two attached hydrogens (primary N) is 1. The topological polar surface area (TPSA) is 192 Å². The molecular weight excluding hydrogens is 704 g/mol. The summed E-state index contributed by atoms with van der Waals surface area (Å²) in [5, 5.41) is 33.4. The van der Waals surface area contributed by atoms with E-state index in [-0.39, 0.29) is 12.5 Å². The Morgan fingerprint density at radius 2 is 1.67 bits per heavy atom. The van der Waals surface area contributed by atoms with Crippen molar-refractivity contribution < 1.29 is 60.8 Å². The Kier molecular flexibility index (Phi) is 14.8. The molecule has 1 aliphatic rings. The Bertz CT molecular complexity index is 1710. The molecule has 12 nitrogen and oxygen atoms in total. The van der Waals surface area contributed by atoms with Crippen LogP contribution in [0, 0.1) is 11.3 Å². The molecule has 5 N–H and O–H groups in total. The van der Waals surface area contributed by atoms with E-state index in [1.807, 2.05) is 53.8 Å². The van der Waals surface area contributed by atoms with E-state index in [1.165, 1.54) is 0 Å². The molecule has 0 bridgehead atoms. The Morgan fingerprint density at radius 3 is 2.17 bits per heavy atom. The standard InChI is InChI=1S/C30H37N5O3.2C2HF3O2/c1-4-30(13-5-6-14-35(28(30)37)15-8-16-36)24-9-7-10-25(17-24)38-26-18-23(12-11-22(26)19-31)29(2,32)27-20-33-21-34(27)3;2*3-2(4,5)1(6)7/h7,9-12,17-18,20-21,36H,4-6,8,13-16,32H2,1-3H3;2*(H,6,7). The molecule has 0 saturated carbocycles. The molecule has 3 aromatic rings. The van der Waals surface area contributed by atoms with Crippen molar-refractivity contribution in [3.63, 3.8) is 0 Å². The SMILES string of the molecule is CCC1(c2cccc(Oc3cc(C(C)(N)c4cncn4C)ccc3C#N)c2)CCCCN(CCCO)C1=O.O=C(O)C(F)(F)F.O=C(O)C(F)(F)F. The van der Waals surface area contributed by atoms with Gasteiger partial charge in [-0.1, -0.05) is 31.5 Å². The van der Waals surface area contributed by atoms with E-state index in [2.05, 4.69) is 18.0 Å². The third-order valence-electron chi connectivity index (χ3n) is 8.32. The van der Waals surface area contributed by atoms with Crippen molar-refractivity contribution in [3.05, 3.63) is 77.4 Å². The molecule has 0 aliphatic carbocycles. The van der Waals surface area contributed by atoms with Gasteiger partial charge < -0.3 is 35.3 Å². The van der Waals surface area contributed by atoms with Crippen LogP contribution in [-0.4, -0.2) is 79.7 Å². The Balaban J connectivity index is 0.000000564. The minimum Gasteiger partial charge on any atom is -0.475 e. The van der Waals surface area contributed by atoms with Gasteiger partial charge in [-0.05, 0) is 68.0 Å². The fourth-order valence-corrected chi connectivity index (χ4v) is 5.53. The molecule has 2 heterocycles. The second-order valence-corrected chi connectivity index (χ2v) is 11.9. The van der Waals surface area contributed by atoms with E-state index in [9.17, 15) is 41.5 Å². The number of carboxylic acid groups (broad SMARTS) is 2. The van der Waals surface area contributed by atoms with Crippen LogP contribution in [0.3, 0.4) is 0 Å². The Labute approximate surface area is 295 Å². The number of nitriles is 1. The van der Waals surface area contributed by atoms with Crippen LogP contribution in [0.5, 0.6) is 11.5 Å². The summed E-state index contributed by atoms with van der Waals surface area (Å²) in [6, 6.07) is 15.2. The summed E-state index contributed by atoms with van der Waals surface area (Å²) in [5.41, 5.74) is 8.15. The number of aromatic nitrogens is 2. The lowest BCUT2D eigenvalue weighted by molar-refractivity contribution is -0.193. The number of hydrogen-bond acceptors (Lipinski definition) is 8. The third-order valence-corrected chi connectivity index (χ3v) is 8.32. The van der Waals surface area contributed by atoms with Crippen LogP contribution in [0.15, 0.2) is 55.0 Å². The summed E-state index contributed by atoms with van der Waals surface area (Å²) in [6.45, 7) is 5.29. The molecular formula is C34H39F6N5O7. The number of halogens is 6. The van der Waals surface area contributed by atoms with Gasteiger partial charge in [0.05, 0.1) is 34.7 Å². The number of nitrogens with zero attached hydrogens (tertiary/aromatic N) is 4. The number of imidazole rings is 1. The minimum atomic E-state index is -5.08. The van der Waals surface area contributed by atoms with Crippen LogP contribution in [0.25, 0.3) is 0 Å². The molecule has 2 unspecified atom stereocenters. The quantitative estimate of drug-likeness (QED) is 0.200. The largest absolute Gasteiger partial charge is 0.490 e. The molecule has 4 rings (SSSR count). The zero-order valence-corrected chi connectivity index (χ0v) is 28.5. The van der Waals surface area contributed by atoms with Crippen LogP contribution >= 0.6 is 0 Å². The van der Waals surface area contributed by atoms with E-state index in [0.717, 1.165) is 36.1 Å². The molecule has 18 heteroatoms. The number of benzene rings is 2. The fourth-order valence-electron chi connectivity index (χ4n) is 5.53. The summed E-state index contributed by atoms with van der Waals surface area (Å²) in [4.78, 5) is 37.7. The second kappa shape index (κ2) is 17.9. The van der Waals surface area contributed by atoms with Gasteiger partial charge in [0, 0.05) is 26.7 Å². The van der Waals surface area contributed by atoms with Crippen molar-refractivity contribution >= 4 is 17.8 Å². The molecule has 2 atom stereocenters. The molecule has 284 valence electrons. The van der Waals surface area contributed by atoms with Crippen LogP contribution < -0.4 is 10.5 Å². The second-order valence-electron chi connectivity index (χ2n) is 11.9. The Morgan fingerprint density at radius 1 is 1.06 bits per heavy atom. The van der Waals surface area contributed by atoms with Crippen LogP contribution in [0.1, 0.15) is 68.3 Å². The molecule has 1 aliphatic heterocycles. The number of rotatable bonds is 9. The average molecular weight is 744 g/mol. The maximum atomic E-state index is 13.8. The van der Waals surface area contributed by atoms with Crippen molar-refractivity contribution in [2.24, 2.45) is 12.8 Å². The number of aliphatic hydroxyl groups excluding tert-OH is 1. The smallest absolute Gasteiger partial charge is 0.475 e. The number of carbonyl (C=O) groups excluding carboxylic acids is 1. The number of aliphatic hydroxyl groups is 1. The molecule has 1 amide bonds. The lowest BCUT2D eigenvalue weighted by Crippen LogP contribution is -2.45. The van der Waals surface area contributed by atoms with Gasteiger partial charge in [-0.3, -0.25) is 4.79 Å². The zero-order chi connectivity index (χ0) is 39.5. The van der Waals surface area contributed by atoms with Gasteiger partial charge >= 0.3 is 24.3 Å². The molecule has 2 aromatic carbocycles. The highest BCUT2D eigenvalue weighted by Gasteiger charge is 2.43. The number of hydrogen-bond donors (Lipinski definition) is 4. The van der Waals surface area contributed by atoms with E-state index in [1.54, 1.807) is 24.7 Å². The van der Waals surface area contributed by atoms with E-state index in [0.29, 0.717) is 43.0 Å². The summed E-state index contributed by atoms with van der Waals surface area (Å²) in [6.07, 6.45) is -2.83. The van der Waals surface area contributed by atoms with E-state index in [4.69, 9.17) is 30.3 Å². The van der Waals surface area contributed by atoms with Crippen molar-refractivity contribution in [2.75, 3.05) is 19.7 Å². The summed E-state index contributed by atoms with van der Waals surface area (Å²) in [7, 11) is 1.89. The van der Waals surface area contributed by atoms with Crippen LogP contribution in [-0.2, 0) is 32.4 Å². The molecule has 1 saturated heterocycles. The van der Waals surface area contributed by atoms with Crippen LogP contribution in [0.4, 0.5) is 26.3 Å². The number of ether oxygens (including phenoxy) is 1. The van der Waals surface area contributed by atoms with Crippen LogP contribution in [0.2, 0.25) is 0 Å². The Hall–Kier alpha value is -5.15. The van der Waals surface area contributed by atoms with Gasteiger partial charge in [0.25, 0.3) is 0 Å². The van der Waals surface area contributed by atoms with Crippen molar-refractivity contribution in [3.8, 4) is 17.6 Å².